The summed E-state index contributed by atoms with van der Waals surface area (Å²) < 4.78 is 0. The molecule has 3 rings (SSSR count). The highest BCUT2D eigenvalue weighted by Crippen LogP contribution is 2.17. The highest BCUT2D eigenvalue weighted by molar-refractivity contribution is 6.05. The van der Waals surface area contributed by atoms with Crippen LogP contribution in [0, 0.1) is 0 Å². The van der Waals surface area contributed by atoms with E-state index in [-0.39, 0.29) is 5.91 Å². The second-order valence-corrected chi connectivity index (χ2v) is 5.79. The number of nitrogens with one attached hydrogen (secondary N) is 1. The molecule has 1 amide bonds. The van der Waals surface area contributed by atoms with Gasteiger partial charge < -0.3 is 9.71 Å². The summed E-state index contributed by atoms with van der Waals surface area (Å²) in [5.74, 6) is -0.111. The van der Waals surface area contributed by atoms with Crippen molar-refractivity contribution in [3.8, 4) is 0 Å². The molecule has 6 heteroatoms. The zero-order valence-electron chi connectivity index (χ0n) is 14.1. The van der Waals surface area contributed by atoms with Crippen LogP contribution in [-0.4, -0.2) is 49.0 Å². The van der Waals surface area contributed by atoms with Crippen LogP contribution in [0.25, 0.3) is 17.0 Å². The highest BCUT2D eigenvalue weighted by atomic mass is 16.2. The molecule has 2 aromatic carbocycles. The van der Waals surface area contributed by atoms with Gasteiger partial charge in [-0.15, -0.1) is 0 Å². The third-order valence-corrected chi connectivity index (χ3v) is 3.89. The number of aromatic nitrogens is 2. The topological polar surface area (TPSA) is 52.2 Å². The summed E-state index contributed by atoms with van der Waals surface area (Å²) in [6, 6.07) is 17.4. The third-order valence-electron chi connectivity index (χ3n) is 3.89. The molecule has 0 atom stereocenters. The molecule has 0 aliphatic heterocycles. The number of rotatable bonds is 6. The van der Waals surface area contributed by atoms with Crippen molar-refractivity contribution in [2.45, 2.75) is 0 Å². The van der Waals surface area contributed by atoms with E-state index in [9.17, 15) is 4.79 Å². The number of anilines is 1. The number of nitrogens with zero attached hydrogens (tertiary/aromatic N) is 3. The van der Waals surface area contributed by atoms with E-state index in [1.54, 1.807) is 28.9 Å². The number of carbonyl (C=O) groups excluding carboxylic acids is 1. The minimum atomic E-state index is -0.111. The van der Waals surface area contributed by atoms with Crippen molar-refractivity contribution >= 4 is 36.6 Å². The molecular weight excluding hydrogens is 311 g/mol. The minimum Gasteiger partial charge on any atom is -0.355 e. The summed E-state index contributed by atoms with van der Waals surface area (Å²) >= 11 is 0. The van der Waals surface area contributed by atoms with Gasteiger partial charge in [-0.2, -0.15) is 5.10 Å². The van der Waals surface area contributed by atoms with E-state index in [2.05, 4.69) is 10.2 Å². The monoisotopic (exact) mass is 330 g/mol. The van der Waals surface area contributed by atoms with Gasteiger partial charge in [-0.25, -0.2) is 0 Å². The number of aromatic amines is 1. The zero-order valence-corrected chi connectivity index (χ0v) is 14.1. The number of hydrogen-bond acceptors (Lipinski definition) is 3. The predicted molar refractivity (Wildman–Crippen MR) is 102 cm³/mol. The first-order valence-corrected chi connectivity index (χ1v) is 8.09. The fourth-order valence-electron chi connectivity index (χ4n) is 2.58. The number of carbonyl (C=O) groups is 1. The molecule has 5 nitrogen and oxygen atoms in total. The van der Waals surface area contributed by atoms with Gasteiger partial charge in [-0.3, -0.25) is 9.89 Å². The van der Waals surface area contributed by atoms with Crippen LogP contribution in [0.5, 0.6) is 0 Å². The first-order chi connectivity index (χ1) is 12.1. The Labute approximate surface area is 148 Å². The number of benzene rings is 2. The zero-order chi connectivity index (χ0) is 17.6. The van der Waals surface area contributed by atoms with Gasteiger partial charge in [-0.1, -0.05) is 36.4 Å². The van der Waals surface area contributed by atoms with E-state index in [1.807, 2.05) is 54.6 Å². The summed E-state index contributed by atoms with van der Waals surface area (Å²) in [5, 5.41) is 8.21. The molecule has 0 spiro atoms. The second kappa shape index (κ2) is 7.81. The molecule has 0 fully saturated rings. The van der Waals surface area contributed by atoms with Gasteiger partial charge in [0.05, 0.1) is 11.2 Å². The van der Waals surface area contributed by atoms with Gasteiger partial charge in [0.2, 0.25) is 0 Å². The third kappa shape index (κ3) is 4.16. The quantitative estimate of drug-likeness (QED) is 0.558. The van der Waals surface area contributed by atoms with Gasteiger partial charge in [-0.05, 0) is 31.3 Å². The van der Waals surface area contributed by atoms with Gasteiger partial charge in [0, 0.05) is 30.2 Å². The number of likely N-dealkylation sites (N-methyl/N-ethyl adjacent to an activating group) is 1. The highest BCUT2D eigenvalue weighted by Gasteiger charge is 2.13. The van der Waals surface area contributed by atoms with E-state index >= 15 is 0 Å². The fourth-order valence-corrected chi connectivity index (χ4v) is 2.58. The van der Waals surface area contributed by atoms with Gasteiger partial charge in [0.1, 0.15) is 0 Å². The van der Waals surface area contributed by atoms with Gasteiger partial charge in [0.15, 0.2) is 7.98 Å². The maximum Gasteiger partial charge on any atom is 0.251 e. The SMILES string of the molecule is [B]N(C)CCN(C(=O)/C=C/c1n[nH]c2ccccc12)c1ccccc1. The molecule has 0 unspecified atom stereocenters. The number of hydrogen-bond donors (Lipinski definition) is 1. The van der Waals surface area contributed by atoms with Crippen LogP contribution in [0.3, 0.4) is 0 Å². The molecule has 0 bridgehead atoms. The largest absolute Gasteiger partial charge is 0.355 e. The molecule has 1 N–H and O–H groups in total. The summed E-state index contributed by atoms with van der Waals surface area (Å²) in [4.78, 5) is 16.0. The van der Waals surface area contributed by atoms with E-state index in [4.69, 9.17) is 7.98 Å². The molecule has 0 aliphatic carbocycles. The van der Waals surface area contributed by atoms with Crippen LogP contribution in [0.2, 0.25) is 0 Å². The average Bonchev–Trinajstić information content (AvgIpc) is 3.04. The maximum atomic E-state index is 12.7. The Kier molecular flexibility index (Phi) is 5.31. The van der Waals surface area contributed by atoms with Crippen LogP contribution in [0.4, 0.5) is 5.69 Å². The Bertz CT molecular complexity index is 873. The molecular formula is C19H19BN4O. The van der Waals surface area contributed by atoms with Crippen molar-refractivity contribution in [3.05, 3.63) is 66.4 Å². The molecule has 3 aromatic rings. The number of H-pyrrole nitrogens is 1. The van der Waals surface area contributed by atoms with Crippen molar-refractivity contribution in [2.24, 2.45) is 0 Å². The lowest BCUT2D eigenvalue weighted by molar-refractivity contribution is -0.114. The smallest absolute Gasteiger partial charge is 0.251 e. The van der Waals surface area contributed by atoms with Crippen LogP contribution in [-0.2, 0) is 4.79 Å². The van der Waals surface area contributed by atoms with Crippen LogP contribution in [0.15, 0.2) is 60.7 Å². The number of para-hydroxylation sites is 2. The second-order valence-electron chi connectivity index (χ2n) is 5.79. The maximum absolute atomic E-state index is 12.7. The summed E-state index contributed by atoms with van der Waals surface area (Å²) in [5.41, 5.74) is 2.53. The predicted octanol–water partition coefficient (Wildman–Crippen LogP) is 2.62. The molecule has 1 aromatic heterocycles. The van der Waals surface area contributed by atoms with Crippen LogP contribution >= 0.6 is 0 Å². The van der Waals surface area contributed by atoms with E-state index in [0.29, 0.717) is 13.1 Å². The van der Waals surface area contributed by atoms with Crippen molar-refractivity contribution in [2.75, 3.05) is 25.0 Å². The lowest BCUT2D eigenvalue weighted by atomic mass is 10.2. The van der Waals surface area contributed by atoms with E-state index in [1.165, 1.54) is 0 Å². The molecule has 1 heterocycles. The van der Waals surface area contributed by atoms with Crippen molar-refractivity contribution in [1.29, 1.82) is 0 Å². The van der Waals surface area contributed by atoms with Crippen molar-refractivity contribution < 1.29 is 4.79 Å². The first-order valence-electron chi connectivity index (χ1n) is 8.09. The summed E-state index contributed by atoms with van der Waals surface area (Å²) in [6.07, 6.45) is 3.29. The number of amides is 1. The summed E-state index contributed by atoms with van der Waals surface area (Å²) in [6.45, 7) is 1.07. The van der Waals surface area contributed by atoms with E-state index < -0.39 is 0 Å². The standard InChI is InChI=1S/C19H19BN4O/c1-23(20)13-14-24(15-7-3-2-4-8-15)19(25)12-11-18-16-9-5-6-10-17(16)21-22-18/h2-12H,13-14H2,1H3,(H,21,22)/b12-11+. The van der Waals surface area contributed by atoms with Gasteiger partial charge >= 0.3 is 0 Å². The normalized spacial score (nSPS) is 11.4. The first kappa shape index (κ1) is 17.0. The Morgan fingerprint density at radius 3 is 2.60 bits per heavy atom. The number of fused-ring (bicyclic) bond motifs is 1. The molecule has 0 aliphatic rings. The lowest BCUT2D eigenvalue weighted by Gasteiger charge is -2.23. The van der Waals surface area contributed by atoms with Gasteiger partial charge in [0.25, 0.3) is 5.91 Å². The summed E-state index contributed by atoms with van der Waals surface area (Å²) in [7, 11) is 7.47. The molecule has 0 saturated heterocycles. The Hall–Kier alpha value is -2.86. The van der Waals surface area contributed by atoms with Crippen LogP contribution < -0.4 is 4.90 Å². The van der Waals surface area contributed by atoms with Crippen molar-refractivity contribution in [3.63, 3.8) is 0 Å². The molecule has 124 valence electrons. The van der Waals surface area contributed by atoms with Crippen molar-refractivity contribution in [1.82, 2.24) is 15.0 Å². The average molecular weight is 330 g/mol. The Morgan fingerprint density at radius 1 is 1.12 bits per heavy atom. The molecule has 0 saturated carbocycles. The van der Waals surface area contributed by atoms with Crippen LogP contribution in [0.1, 0.15) is 5.69 Å². The molecule has 2 radical (unpaired) electrons. The van der Waals surface area contributed by atoms with E-state index in [0.717, 1.165) is 22.3 Å². The Morgan fingerprint density at radius 2 is 1.84 bits per heavy atom. The Balaban J connectivity index is 1.82. The molecule has 25 heavy (non-hydrogen) atoms. The lowest BCUT2D eigenvalue weighted by Crippen LogP contribution is -2.36. The minimum absolute atomic E-state index is 0.111. The fraction of sp³-hybridized carbons (Fsp3) is 0.158.